The van der Waals surface area contributed by atoms with Gasteiger partial charge >= 0.3 is 0 Å². The summed E-state index contributed by atoms with van der Waals surface area (Å²) in [6, 6.07) is 4.20. The highest BCUT2D eigenvalue weighted by Gasteiger charge is 2.38. The maximum absolute atomic E-state index is 12.7. The highest BCUT2D eigenvalue weighted by molar-refractivity contribution is 6.01. The Hall–Kier alpha value is -1.88. The Morgan fingerprint density at radius 3 is 2.35 bits per heavy atom. The van der Waals surface area contributed by atoms with Crippen LogP contribution < -0.4 is 10.2 Å². The van der Waals surface area contributed by atoms with E-state index in [4.69, 9.17) is 0 Å². The molecular weight excluding hydrogens is 290 g/mol. The molecule has 0 aromatic heterocycles. The SMILES string of the molecule is Cc1cc(C)c(N2CC(C(=O)N3CCNCC3)CC2=O)c(C)c1. The van der Waals surface area contributed by atoms with Gasteiger partial charge in [0.1, 0.15) is 0 Å². The first-order valence-corrected chi connectivity index (χ1v) is 8.35. The molecule has 2 saturated heterocycles. The minimum atomic E-state index is -0.208. The van der Waals surface area contributed by atoms with Gasteiger partial charge in [-0.1, -0.05) is 17.7 Å². The second kappa shape index (κ2) is 6.32. The zero-order chi connectivity index (χ0) is 16.6. The molecule has 2 heterocycles. The van der Waals surface area contributed by atoms with Gasteiger partial charge in [0.15, 0.2) is 0 Å². The standard InChI is InChI=1S/C18H25N3O2/c1-12-8-13(2)17(14(3)9-12)21-11-15(10-16(21)22)18(23)20-6-4-19-5-7-20/h8-9,15,19H,4-7,10-11H2,1-3H3. The molecule has 0 radical (unpaired) electrons. The van der Waals surface area contributed by atoms with Crippen LogP contribution in [-0.2, 0) is 9.59 Å². The number of carbonyl (C=O) groups is 2. The number of anilines is 1. The lowest BCUT2D eigenvalue weighted by molar-refractivity contribution is -0.136. The third-order valence-corrected chi connectivity index (χ3v) is 4.81. The number of hydrogen-bond acceptors (Lipinski definition) is 3. The summed E-state index contributed by atoms with van der Waals surface area (Å²) >= 11 is 0. The maximum Gasteiger partial charge on any atom is 0.228 e. The zero-order valence-corrected chi connectivity index (χ0v) is 14.2. The van der Waals surface area contributed by atoms with Crippen molar-refractivity contribution in [1.29, 1.82) is 0 Å². The molecule has 2 fully saturated rings. The fraction of sp³-hybridized carbons (Fsp3) is 0.556. The van der Waals surface area contributed by atoms with E-state index < -0.39 is 0 Å². The van der Waals surface area contributed by atoms with Crippen molar-refractivity contribution in [3.8, 4) is 0 Å². The van der Waals surface area contributed by atoms with E-state index in [1.54, 1.807) is 0 Å². The van der Waals surface area contributed by atoms with Crippen LogP contribution in [0.5, 0.6) is 0 Å². The highest BCUT2D eigenvalue weighted by Crippen LogP contribution is 2.32. The van der Waals surface area contributed by atoms with Crippen LogP contribution in [0.25, 0.3) is 0 Å². The van der Waals surface area contributed by atoms with Gasteiger partial charge in [0, 0.05) is 44.8 Å². The summed E-state index contributed by atoms with van der Waals surface area (Å²) in [6.45, 7) is 9.80. The molecule has 23 heavy (non-hydrogen) atoms. The number of rotatable bonds is 2. The van der Waals surface area contributed by atoms with E-state index in [1.165, 1.54) is 5.56 Å². The summed E-state index contributed by atoms with van der Waals surface area (Å²) in [5.41, 5.74) is 4.39. The molecule has 0 spiro atoms. The summed E-state index contributed by atoms with van der Waals surface area (Å²) in [6.07, 6.45) is 0.329. The van der Waals surface area contributed by atoms with Gasteiger partial charge in [0.2, 0.25) is 11.8 Å². The lowest BCUT2D eigenvalue weighted by Crippen LogP contribution is -2.48. The van der Waals surface area contributed by atoms with Crippen LogP contribution in [0.3, 0.4) is 0 Å². The minimum Gasteiger partial charge on any atom is -0.340 e. The third kappa shape index (κ3) is 3.11. The molecule has 1 unspecified atom stereocenters. The molecule has 2 aliphatic heterocycles. The third-order valence-electron chi connectivity index (χ3n) is 4.81. The first-order valence-electron chi connectivity index (χ1n) is 8.35. The maximum atomic E-state index is 12.7. The van der Waals surface area contributed by atoms with Crippen LogP contribution in [-0.4, -0.2) is 49.4 Å². The lowest BCUT2D eigenvalue weighted by Gasteiger charge is -2.29. The molecule has 5 heteroatoms. The number of nitrogens with one attached hydrogen (secondary N) is 1. The first kappa shape index (κ1) is 16.0. The van der Waals surface area contributed by atoms with Gasteiger partial charge < -0.3 is 15.1 Å². The van der Waals surface area contributed by atoms with E-state index in [0.29, 0.717) is 13.0 Å². The Morgan fingerprint density at radius 2 is 1.74 bits per heavy atom. The fourth-order valence-corrected chi connectivity index (χ4v) is 3.83. The predicted octanol–water partition coefficient (Wildman–Crippen LogP) is 1.40. The molecule has 2 amide bonds. The van der Waals surface area contributed by atoms with Crippen LogP contribution in [0.15, 0.2) is 12.1 Å². The average molecular weight is 315 g/mol. The fourth-order valence-electron chi connectivity index (χ4n) is 3.83. The summed E-state index contributed by atoms with van der Waals surface area (Å²) in [5.74, 6) is -0.0148. The normalized spacial score (nSPS) is 21.9. The Balaban J connectivity index is 1.79. The van der Waals surface area contributed by atoms with Crippen LogP contribution in [0.4, 0.5) is 5.69 Å². The van der Waals surface area contributed by atoms with Gasteiger partial charge in [-0.2, -0.15) is 0 Å². The van der Waals surface area contributed by atoms with E-state index in [0.717, 1.165) is 43.0 Å². The molecule has 3 rings (SSSR count). The van der Waals surface area contributed by atoms with Crippen LogP contribution in [0, 0.1) is 26.7 Å². The van der Waals surface area contributed by atoms with Crippen LogP contribution in [0.2, 0.25) is 0 Å². The number of amides is 2. The molecule has 1 aromatic carbocycles. The van der Waals surface area contributed by atoms with Crippen molar-refractivity contribution >= 4 is 17.5 Å². The van der Waals surface area contributed by atoms with Gasteiger partial charge in [-0.25, -0.2) is 0 Å². The Labute approximate surface area is 137 Å². The largest absolute Gasteiger partial charge is 0.340 e. The van der Waals surface area contributed by atoms with E-state index in [1.807, 2.05) is 23.6 Å². The van der Waals surface area contributed by atoms with E-state index >= 15 is 0 Å². The summed E-state index contributed by atoms with van der Waals surface area (Å²) in [7, 11) is 0. The molecule has 5 nitrogen and oxygen atoms in total. The molecule has 1 N–H and O–H groups in total. The number of carbonyl (C=O) groups excluding carboxylic acids is 2. The second-order valence-electron chi connectivity index (χ2n) is 6.73. The van der Waals surface area contributed by atoms with E-state index in [-0.39, 0.29) is 17.7 Å². The molecule has 0 aliphatic carbocycles. The molecule has 124 valence electrons. The topological polar surface area (TPSA) is 52.7 Å². The van der Waals surface area contributed by atoms with Gasteiger partial charge in [-0.05, 0) is 31.9 Å². The monoisotopic (exact) mass is 315 g/mol. The van der Waals surface area contributed by atoms with Crippen molar-refractivity contribution in [2.45, 2.75) is 27.2 Å². The van der Waals surface area contributed by atoms with Gasteiger partial charge in [0.25, 0.3) is 0 Å². The van der Waals surface area contributed by atoms with Crippen molar-refractivity contribution in [2.75, 3.05) is 37.6 Å². The number of piperazine rings is 1. The van der Waals surface area contributed by atoms with Gasteiger partial charge in [-0.15, -0.1) is 0 Å². The summed E-state index contributed by atoms with van der Waals surface area (Å²) in [5, 5.41) is 3.25. The van der Waals surface area contributed by atoms with Crippen molar-refractivity contribution in [2.24, 2.45) is 5.92 Å². The Morgan fingerprint density at radius 1 is 1.13 bits per heavy atom. The smallest absolute Gasteiger partial charge is 0.228 e. The second-order valence-corrected chi connectivity index (χ2v) is 6.73. The Bertz CT molecular complexity index is 612. The number of hydrogen-bond donors (Lipinski definition) is 1. The average Bonchev–Trinajstić information content (AvgIpc) is 2.88. The van der Waals surface area contributed by atoms with E-state index in [2.05, 4.69) is 24.4 Å². The first-order chi connectivity index (χ1) is 11.0. The summed E-state index contributed by atoms with van der Waals surface area (Å²) in [4.78, 5) is 28.9. The molecule has 2 aliphatic rings. The van der Waals surface area contributed by atoms with E-state index in [9.17, 15) is 9.59 Å². The number of nitrogens with zero attached hydrogens (tertiary/aromatic N) is 2. The summed E-state index contributed by atoms with van der Waals surface area (Å²) < 4.78 is 0. The van der Waals surface area contributed by atoms with Gasteiger partial charge in [-0.3, -0.25) is 9.59 Å². The lowest BCUT2D eigenvalue weighted by atomic mass is 10.0. The minimum absolute atomic E-state index is 0.0635. The Kier molecular flexibility index (Phi) is 4.39. The molecular formula is C18H25N3O2. The molecule has 0 saturated carbocycles. The van der Waals surface area contributed by atoms with Crippen molar-refractivity contribution in [3.05, 3.63) is 28.8 Å². The molecule has 1 atom stereocenters. The highest BCUT2D eigenvalue weighted by atomic mass is 16.2. The predicted molar refractivity (Wildman–Crippen MR) is 90.6 cm³/mol. The quantitative estimate of drug-likeness (QED) is 0.897. The van der Waals surface area contributed by atoms with Crippen molar-refractivity contribution < 1.29 is 9.59 Å². The van der Waals surface area contributed by atoms with Crippen LogP contribution >= 0.6 is 0 Å². The number of aryl methyl sites for hydroxylation is 3. The molecule has 0 bridgehead atoms. The molecule has 1 aromatic rings. The van der Waals surface area contributed by atoms with Crippen LogP contribution in [0.1, 0.15) is 23.1 Å². The van der Waals surface area contributed by atoms with Crippen molar-refractivity contribution in [1.82, 2.24) is 10.2 Å². The number of benzene rings is 1. The van der Waals surface area contributed by atoms with Crippen molar-refractivity contribution in [3.63, 3.8) is 0 Å². The van der Waals surface area contributed by atoms with Gasteiger partial charge in [0.05, 0.1) is 5.92 Å². The zero-order valence-electron chi connectivity index (χ0n) is 14.2.